The zero-order valence-corrected chi connectivity index (χ0v) is 10.9. The number of amides is 1. The highest BCUT2D eigenvalue weighted by atomic mass is 35.5. The van der Waals surface area contributed by atoms with Crippen molar-refractivity contribution in [1.82, 2.24) is 9.80 Å². The molecule has 0 bridgehead atoms. The second kappa shape index (κ2) is 8.16. The maximum Gasteiger partial charge on any atom is 0.236 e. The van der Waals surface area contributed by atoms with Crippen molar-refractivity contribution in [2.75, 3.05) is 32.7 Å². The predicted molar refractivity (Wildman–Crippen MR) is 66.8 cm³/mol. The van der Waals surface area contributed by atoms with Gasteiger partial charge in [0, 0.05) is 32.2 Å². The molecule has 0 aromatic heterocycles. The predicted octanol–water partition coefficient (Wildman–Crippen LogP) is 0.341. The van der Waals surface area contributed by atoms with E-state index in [1.54, 1.807) is 0 Å². The van der Waals surface area contributed by atoms with Gasteiger partial charge in [-0.3, -0.25) is 9.69 Å². The molecule has 1 fully saturated rings. The summed E-state index contributed by atoms with van der Waals surface area (Å²) in [7, 11) is 0. The first-order chi connectivity index (χ1) is 6.15. The smallest absolute Gasteiger partial charge is 0.236 e. The van der Waals surface area contributed by atoms with Crippen molar-refractivity contribution in [2.45, 2.75) is 19.9 Å². The molecule has 0 spiro atoms. The van der Waals surface area contributed by atoms with E-state index in [0.29, 0.717) is 6.04 Å². The Kier molecular flexibility index (Phi) is 9.45. The normalized spacial score (nSPS) is 16.9. The zero-order chi connectivity index (χ0) is 9.84. The molecule has 0 aromatic carbocycles. The highest BCUT2D eigenvalue weighted by Gasteiger charge is 2.20. The summed E-state index contributed by atoms with van der Waals surface area (Å²) in [5, 5.41) is 0. The molecule has 2 N–H and O–H groups in total. The molecule has 1 aliphatic heterocycles. The second-order valence-electron chi connectivity index (χ2n) is 3.71. The van der Waals surface area contributed by atoms with Crippen LogP contribution in [0, 0.1) is 0 Å². The van der Waals surface area contributed by atoms with Crippen molar-refractivity contribution < 1.29 is 4.79 Å². The minimum atomic E-state index is 0. The molecule has 92 valence electrons. The maximum atomic E-state index is 11.2. The van der Waals surface area contributed by atoms with E-state index in [-0.39, 0.29) is 37.3 Å². The van der Waals surface area contributed by atoms with E-state index in [4.69, 9.17) is 5.73 Å². The Morgan fingerprint density at radius 1 is 1.20 bits per heavy atom. The van der Waals surface area contributed by atoms with Gasteiger partial charge in [-0.15, -0.1) is 24.8 Å². The third-order valence-electron chi connectivity index (χ3n) is 2.57. The lowest BCUT2D eigenvalue weighted by atomic mass is 10.2. The molecule has 0 saturated carbocycles. The Balaban J connectivity index is 0. The van der Waals surface area contributed by atoms with Crippen molar-refractivity contribution >= 4 is 30.7 Å². The molecule has 1 saturated heterocycles. The van der Waals surface area contributed by atoms with Crippen LogP contribution < -0.4 is 5.73 Å². The van der Waals surface area contributed by atoms with Gasteiger partial charge >= 0.3 is 0 Å². The van der Waals surface area contributed by atoms with Gasteiger partial charge in [0.1, 0.15) is 0 Å². The van der Waals surface area contributed by atoms with E-state index in [1.807, 2.05) is 4.90 Å². The van der Waals surface area contributed by atoms with E-state index in [1.165, 1.54) is 0 Å². The monoisotopic (exact) mass is 257 g/mol. The molecule has 1 heterocycles. The van der Waals surface area contributed by atoms with Crippen LogP contribution in [0.3, 0.4) is 0 Å². The maximum absolute atomic E-state index is 11.2. The van der Waals surface area contributed by atoms with Crippen molar-refractivity contribution in [1.29, 1.82) is 0 Å². The van der Waals surface area contributed by atoms with E-state index < -0.39 is 0 Å². The summed E-state index contributed by atoms with van der Waals surface area (Å²) >= 11 is 0. The van der Waals surface area contributed by atoms with Crippen molar-refractivity contribution in [3.63, 3.8) is 0 Å². The van der Waals surface area contributed by atoms with Crippen LogP contribution >= 0.6 is 24.8 Å². The van der Waals surface area contributed by atoms with Gasteiger partial charge in [-0.05, 0) is 13.8 Å². The largest absolute Gasteiger partial charge is 0.339 e. The standard InChI is InChI=1S/C9H19N3O.2ClH/c1-8(2)11-3-5-12(6-4-11)9(13)7-10;;/h8H,3-7,10H2,1-2H3;2*1H. The van der Waals surface area contributed by atoms with E-state index >= 15 is 0 Å². The minimum Gasteiger partial charge on any atom is -0.339 e. The van der Waals surface area contributed by atoms with Crippen LogP contribution in [-0.2, 0) is 4.79 Å². The van der Waals surface area contributed by atoms with E-state index in [9.17, 15) is 4.79 Å². The van der Waals surface area contributed by atoms with E-state index in [2.05, 4.69) is 18.7 Å². The fraction of sp³-hybridized carbons (Fsp3) is 0.889. The first kappa shape index (κ1) is 17.4. The lowest BCUT2D eigenvalue weighted by Crippen LogP contribution is -2.52. The van der Waals surface area contributed by atoms with Crippen molar-refractivity contribution in [3.05, 3.63) is 0 Å². The number of carbonyl (C=O) groups is 1. The fourth-order valence-corrected chi connectivity index (χ4v) is 1.62. The molecule has 0 aromatic rings. The lowest BCUT2D eigenvalue weighted by Gasteiger charge is -2.36. The second-order valence-corrected chi connectivity index (χ2v) is 3.71. The average molecular weight is 258 g/mol. The fourth-order valence-electron chi connectivity index (χ4n) is 1.62. The van der Waals surface area contributed by atoms with Crippen LogP contribution in [0.5, 0.6) is 0 Å². The molecule has 1 rings (SSSR count). The molecule has 0 atom stereocenters. The third kappa shape index (κ3) is 5.02. The Hall–Kier alpha value is -0.0300. The number of piperazine rings is 1. The molecular formula is C9H21Cl2N3O. The molecule has 6 heteroatoms. The highest BCUT2D eigenvalue weighted by Crippen LogP contribution is 2.05. The van der Waals surface area contributed by atoms with Gasteiger partial charge in [0.2, 0.25) is 5.91 Å². The molecule has 15 heavy (non-hydrogen) atoms. The number of halogens is 2. The minimum absolute atomic E-state index is 0. The summed E-state index contributed by atoms with van der Waals surface area (Å²) in [6.45, 7) is 8.11. The van der Waals surface area contributed by atoms with Crippen LogP contribution in [-0.4, -0.2) is 54.5 Å². The number of carbonyl (C=O) groups excluding carboxylic acids is 1. The molecule has 1 amide bonds. The molecule has 4 nitrogen and oxygen atoms in total. The van der Waals surface area contributed by atoms with Crippen molar-refractivity contribution in [3.8, 4) is 0 Å². The molecular weight excluding hydrogens is 237 g/mol. The van der Waals surface area contributed by atoms with Gasteiger partial charge in [0.25, 0.3) is 0 Å². The van der Waals surface area contributed by atoms with Gasteiger partial charge in [-0.25, -0.2) is 0 Å². The molecule has 0 aliphatic carbocycles. The Morgan fingerprint density at radius 2 is 1.67 bits per heavy atom. The summed E-state index contributed by atoms with van der Waals surface area (Å²) in [5.74, 6) is 0.0726. The Bertz CT molecular complexity index is 182. The van der Waals surface area contributed by atoms with Crippen LogP contribution in [0.2, 0.25) is 0 Å². The first-order valence-corrected chi connectivity index (χ1v) is 4.87. The summed E-state index contributed by atoms with van der Waals surface area (Å²) in [4.78, 5) is 15.4. The number of rotatable bonds is 2. The summed E-state index contributed by atoms with van der Waals surface area (Å²) in [6.07, 6.45) is 0. The highest BCUT2D eigenvalue weighted by molar-refractivity contribution is 5.85. The molecule has 1 aliphatic rings. The van der Waals surface area contributed by atoms with Crippen LogP contribution in [0.25, 0.3) is 0 Å². The SMILES string of the molecule is CC(C)N1CCN(C(=O)CN)CC1.Cl.Cl. The number of nitrogens with zero attached hydrogens (tertiary/aromatic N) is 2. The summed E-state index contributed by atoms with van der Waals surface area (Å²) < 4.78 is 0. The topological polar surface area (TPSA) is 49.6 Å². The van der Waals surface area contributed by atoms with Crippen LogP contribution in [0.1, 0.15) is 13.8 Å². The summed E-state index contributed by atoms with van der Waals surface area (Å²) in [6, 6.07) is 0.579. The Labute approximate surface area is 104 Å². The van der Waals surface area contributed by atoms with Crippen molar-refractivity contribution in [2.24, 2.45) is 5.73 Å². The number of hydrogen-bond donors (Lipinski definition) is 1. The van der Waals surface area contributed by atoms with Gasteiger partial charge in [0.15, 0.2) is 0 Å². The lowest BCUT2D eigenvalue weighted by molar-refractivity contribution is -0.131. The first-order valence-electron chi connectivity index (χ1n) is 4.87. The van der Waals surface area contributed by atoms with Gasteiger partial charge in [0.05, 0.1) is 6.54 Å². The van der Waals surface area contributed by atoms with E-state index in [0.717, 1.165) is 26.2 Å². The quantitative estimate of drug-likeness (QED) is 0.777. The number of hydrogen-bond acceptors (Lipinski definition) is 3. The van der Waals surface area contributed by atoms with Crippen LogP contribution in [0.4, 0.5) is 0 Å². The molecule has 0 radical (unpaired) electrons. The van der Waals surface area contributed by atoms with Gasteiger partial charge in [-0.1, -0.05) is 0 Å². The summed E-state index contributed by atoms with van der Waals surface area (Å²) in [5.41, 5.74) is 5.29. The number of nitrogens with two attached hydrogens (primary N) is 1. The van der Waals surface area contributed by atoms with Crippen LogP contribution in [0.15, 0.2) is 0 Å². The van der Waals surface area contributed by atoms with Gasteiger partial charge < -0.3 is 10.6 Å². The zero-order valence-electron chi connectivity index (χ0n) is 9.31. The van der Waals surface area contributed by atoms with Gasteiger partial charge in [-0.2, -0.15) is 0 Å². The molecule has 0 unspecified atom stereocenters. The third-order valence-corrected chi connectivity index (χ3v) is 2.57. The average Bonchev–Trinajstić information content (AvgIpc) is 2.17. The Morgan fingerprint density at radius 3 is 2.00 bits per heavy atom.